The Hall–Kier alpha value is -1.05. The van der Waals surface area contributed by atoms with E-state index in [-0.39, 0.29) is 5.97 Å². The highest BCUT2D eigenvalue weighted by Crippen LogP contribution is 2.41. The van der Waals surface area contributed by atoms with Gasteiger partial charge in [0.15, 0.2) is 0 Å². The van der Waals surface area contributed by atoms with Crippen molar-refractivity contribution in [3.8, 4) is 0 Å². The quantitative estimate of drug-likeness (QED) is 0.382. The van der Waals surface area contributed by atoms with Gasteiger partial charge in [-0.1, -0.05) is 25.2 Å². The standard InChI is InChI=1S/C12H18O2/c1-4-9(2)11(10-5-6-10)7-8-12(13)14-3/h7-8,10-11H,2,4-6H2,1,3H3/b8-7+. The molecule has 1 aliphatic carbocycles. The second-order valence-electron chi connectivity index (χ2n) is 3.76. The van der Waals surface area contributed by atoms with Gasteiger partial charge >= 0.3 is 5.97 Å². The molecule has 1 aliphatic rings. The first-order valence-corrected chi connectivity index (χ1v) is 5.12. The number of allylic oxidation sites excluding steroid dienone is 2. The zero-order valence-electron chi connectivity index (χ0n) is 8.95. The number of methoxy groups -OCH3 is 1. The lowest BCUT2D eigenvalue weighted by Gasteiger charge is -2.12. The highest BCUT2D eigenvalue weighted by atomic mass is 16.5. The van der Waals surface area contributed by atoms with Gasteiger partial charge in [-0.15, -0.1) is 0 Å². The molecule has 0 aromatic heterocycles. The van der Waals surface area contributed by atoms with Crippen molar-refractivity contribution in [2.75, 3.05) is 7.11 Å². The van der Waals surface area contributed by atoms with Gasteiger partial charge in [0.2, 0.25) is 0 Å². The van der Waals surface area contributed by atoms with Crippen LogP contribution in [0.5, 0.6) is 0 Å². The molecule has 0 N–H and O–H groups in total. The highest BCUT2D eigenvalue weighted by Gasteiger charge is 2.30. The van der Waals surface area contributed by atoms with Gasteiger partial charge in [0, 0.05) is 12.0 Å². The molecule has 1 rings (SSSR count). The zero-order valence-corrected chi connectivity index (χ0v) is 8.95. The molecule has 0 aliphatic heterocycles. The Kier molecular flexibility index (Phi) is 3.93. The SMILES string of the molecule is C=C(CC)C(/C=C/C(=O)OC)C1CC1. The fourth-order valence-electron chi connectivity index (χ4n) is 1.57. The summed E-state index contributed by atoms with van der Waals surface area (Å²) in [7, 11) is 1.40. The van der Waals surface area contributed by atoms with Crippen molar-refractivity contribution in [1.82, 2.24) is 0 Å². The average Bonchev–Trinajstić information content (AvgIpc) is 3.01. The summed E-state index contributed by atoms with van der Waals surface area (Å²) in [4.78, 5) is 10.9. The topological polar surface area (TPSA) is 26.3 Å². The van der Waals surface area contributed by atoms with E-state index in [0.29, 0.717) is 11.8 Å². The molecule has 0 aromatic carbocycles. The largest absolute Gasteiger partial charge is 0.466 e. The third-order valence-electron chi connectivity index (χ3n) is 2.70. The first-order chi connectivity index (χ1) is 6.69. The Bertz CT molecular complexity index is 249. The van der Waals surface area contributed by atoms with Crippen molar-refractivity contribution in [3.05, 3.63) is 24.3 Å². The summed E-state index contributed by atoms with van der Waals surface area (Å²) >= 11 is 0. The molecule has 2 heteroatoms. The molecule has 0 spiro atoms. The van der Waals surface area contributed by atoms with Gasteiger partial charge in [-0.25, -0.2) is 4.79 Å². The minimum atomic E-state index is -0.278. The first kappa shape index (κ1) is 11.0. The van der Waals surface area contributed by atoms with Crippen LogP contribution in [0.25, 0.3) is 0 Å². The predicted molar refractivity (Wildman–Crippen MR) is 56.8 cm³/mol. The van der Waals surface area contributed by atoms with E-state index in [1.165, 1.54) is 31.6 Å². The smallest absolute Gasteiger partial charge is 0.330 e. The van der Waals surface area contributed by atoms with Gasteiger partial charge in [0.25, 0.3) is 0 Å². The van der Waals surface area contributed by atoms with Gasteiger partial charge in [0.1, 0.15) is 0 Å². The second-order valence-corrected chi connectivity index (χ2v) is 3.76. The van der Waals surface area contributed by atoms with E-state index in [0.717, 1.165) is 6.42 Å². The van der Waals surface area contributed by atoms with Crippen LogP contribution in [0.4, 0.5) is 0 Å². The van der Waals surface area contributed by atoms with E-state index >= 15 is 0 Å². The van der Waals surface area contributed by atoms with Crippen LogP contribution in [0.3, 0.4) is 0 Å². The van der Waals surface area contributed by atoms with Crippen LogP contribution >= 0.6 is 0 Å². The molecule has 0 saturated heterocycles. The molecule has 78 valence electrons. The van der Waals surface area contributed by atoms with Crippen molar-refractivity contribution < 1.29 is 9.53 Å². The molecule has 14 heavy (non-hydrogen) atoms. The minimum Gasteiger partial charge on any atom is -0.466 e. The van der Waals surface area contributed by atoms with Gasteiger partial charge < -0.3 is 4.74 Å². The van der Waals surface area contributed by atoms with Crippen molar-refractivity contribution in [2.24, 2.45) is 11.8 Å². The van der Waals surface area contributed by atoms with Gasteiger partial charge in [-0.05, 0) is 25.2 Å². The molecule has 1 unspecified atom stereocenters. The summed E-state index contributed by atoms with van der Waals surface area (Å²) in [5, 5.41) is 0. The van der Waals surface area contributed by atoms with Crippen LogP contribution in [0.1, 0.15) is 26.2 Å². The Morgan fingerprint density at radius 3 is 2.71 bits per heavy atom. The zero-order chi connectivity index (χ0) is 10.6. The van der Waals surface area contributed by atoms with Crippen LogP contribution in [0.15, 0.2) is 24.3 Å². The summed E-state index contributed by atoms with van der Waals surface area (Å²) < 4.78 is 4.56. The Morgan fingerprint density at radius 2 is 2.29 bits per heavy atom. The van der Waals surface area contributed by atoms with E-state index in [9.17, 15) is 4.79 Å². The summed E-state index contributed by atoms with van der Waals surface area (Å²) in [6.45, 7) is 6.14. The number of esters is 1. The van der Waals surface area contributed by atoms with E-state index in [2.05, 4.69) is 18.2 Å². The van der Waals surface area contributed by atoms with Crippen molar-refractivity contribution in [1.29, 1.82) is 0 Å². The molecular formula is C12H18O2. The molecule has 0 bridgehead atoms. The van der Waals surface area contributed by atoms with E-state index in [1.807, 2.05) is 6.08 Å². The number of rotatable bonds is 5. The van der Waals surface area contributed by atoms with Crippen LogP contribution < -0.4 is 0 Å². The maximum atomic E-state index is 10.9. The van der Waals surface area contributed by atoms with Crippen molar-refractivity contribution in [2.45, 2.75) is 26.2 Å². The number of ether oxygens (including phenoxy) is 1. The average molecular weight is 194 g/mol. The number of carbonyl (C=O) groups excluding carboxylic acids is 1. The molecule has 1 saturated carbocycles. The fraction of sp³-hybridized carbons (Fsp3) is 0.583. The predicted octanol–water partition coefficient (Wildman–Crippen LogP) is 2.71. The molecule has 0 radical (unpaired) electrons. The summed E-state index contributed by atoms with van der Waals surface area (Å²) in [5.74, 6) is 0.807. The molecule has 2 nitrogen and oxygen atoms in total. The Morgan fingerprint density at radius 1 is 1.64 bits per heavy atom. The summed E-state index contributed by atoms with van der Waals surface area (Å²) in [6.07, 6.45) is 6.95. The normalized spacial score (nSPS) is 18.1. The van der Waals surface area contributed by atoms with Crippen molar-refractivity contribution in [3.63, 3.8) is 0 Å². The maximum absolute atomic E-state index is 10.9. The minimum absolute atomic E-state index is 0.278. The summed E-state index contributed by atoms with van der Waals surface area (Å²) in [5.41, 5.74) is 1.22. The lowest BCUT2D eigenvalue weighted by atomic mass is 9.93. The van der Waals surface area contributed by atoms with E-state index < -0.39 is 0 Å². The second kappa shape index (κ2) is 4.99. The molecular weight excluding hydrogens is 176 g/mol. The molecule has 1 atom stereocenters. The van der Waals surface area contributed by atoms with Gasteiger partial charge in [-0.2, -0.15) is 0 Å². The highest BCUT2D eigenvalue weighted by molar-refractivity contribution is 5.81. The van der Waals surface area contributed by atoms with Crippen LogP contribution in [0.2, 0.25) is 0 Å². The van der Waals surface area contributed by atoms with Crippen LogP contribution in [-0.4, -0.2) is 13.1 Å². The number of hydrogen-bond donors (Lipinski definition) is 0. The molecule has 0 heterocycles. The Labute approximate surface area is 85.6 Å². The number of hydrogen-bond acceptors (Lipinski definition) is 2. The van der Waals surface area contributed by atoms with Crippen LogP contribution in [-0.2, 0) is 9.53 Å². The van der Waals surface area contributed by atoms with Crippen molar-refractivity contribution >= 4 is 5.97 Å². The Balaban J connectivity index is 2.55. The molecule has 1 fully saturated rings. The van der Waals surface area contributed by atoms with Crippen LogP contribution in [0, 0.1) is 11.8 Å². The van der Waals surface area contributed by atoms with E-state index in [4.69, 9.17) is 0 Å². The summed E-state index contributed by atoms with van der Waals surface area (Å²) in [6, 6.07) is 0. The van der Waals surface area contributed by atoms with Gasteiger partial charge in [-0.3, -0.25) is 0 Å². The third kappa shape index (κ3) is 3.02. The van der Waals surface area contributed by atoms with Gasteiger partial charge in [0.05, 0.1) is 7.11 Å². The molecule has 0 aromatic rings. The van der Waals surface area contributed by atoms with E-state index in [1.54, 1.807) is 0 Å². The number of carbonyl (C=O) groups is 1. The first-order valence-electron chi connectivity index (χ1n) is 5.12. The third-order valence-corrected chi connectivity index (χ3v) is 2.70. The monoisotopic (exact) mass is 194 g/mol. The molecule has 0 amide bonds. The lowest BCUT2D eigenvalue weighted by molar-refractivity contribution is -0.134. The fourth-order valence-corrected chi connectivity index (χ4v) is 1.57. The maximum Gasteiger partial charge on any atom is 0.330 e. The lowest BCUT2D eigenvalue weighted by Crippen LogP contribution is -2.04.